The van der Waals surface area contributed by atoms with Gasteiger partial charge in [-0.05, 0) is 18.6 Å². The molecule has 0 aromatic heterocycles. The van der Waals surface area contributed by atoms with E-state index < -0.39 is 0 Å². The van der Waals surface area contributed by atoms with Crippen molar-refractivity contribution in [2.45, 2.75) is 59.3 Å². The predicted molar refractivity (Wildman–Crippen MR) is 90.9 cm³/mol. The molecule has 0 saturated heterocycles. The highest BCUT2D eigenvalue weighted by Crippen LogP contribution is 2.41. The number of methoxy groups -OCH3 is 2. The average Bonchev–Trinajstić information content (AvgIpc) is 2.49. The molecule has 0 heterocycles. The lowest BCUT2D eigenvalue weighted by Crippen LogP contribution is -2.27. The molecule has 0 aliphatic rings. The third kappa shape index (κ3) is 4.49. The summed E-state index contributed by atoms with van der Waals surface area (Å²) in [4.78, 5) is 13.0. The van der Waals surface area contributed by atoms with Gasteiger partial charge < -0.3 is 9.47 Å². The van der Waals surface area contributed by atoms with E-state index in [2.05, 4.69) is 6.92 Å². The lowest BCUT2D eigenvalue weighted by atomic mass is 9.77. The van der Waals surface area contributed by atoms with E-state index in [9.17, 15) is 4.79 Å². The van der Waals surface area contributed by atoms with Crippen LogP contribution in [0.2, 0.25) is 0 Å². The molecule has 0 N–H and O–H groups in total. The lowest BCUT2D eigenvalue weighted by Gasteiger charge is -2.27. The topological polar surface area (TPSA) is 35.5 Å². The Hall–Kier alpha value is -1.51. The van der Waals surface area contributed by atoms with E-state index in [0.29, 0.717) is 0 Å². The standard InChI is InChI=1S/C19H30O3/c1-7-8-9-11-14(18(20)19(2,3)4)17-15(21-5)12-10-13-16(17)22-6/h10,12-14H,7-9,11H2,1-6H3. The summed E-state index contributed by atoms with van der Waals surface area (Å²) in [5.74, 6) is 1.53. The van der Waals surface area contributed by atoms with Gasteiger partial charge in [-0.25, -0.2) is 0 Å². The minimum Gasteiger partial charge on any atom is -0.496 e. The molecule has 0 spiro atoms. The molecule has 22 heavy (non-hydrogen) atoms. The van der Waals surface area contributed by atoms with Crippen LogP contribution in [0, 0.1) is 5.41 Å². The molecule has 0 radical (unpaired) electrons. The summed E-state index contributed by atoms with van der Waals surface area (Å²) in [6, 6.07) is 5.70. The summed E-state index contributed by atoms with van der Waals surface area (Å²) < 4.78 is 11.0. The van der Waals surface area contributed by atoms with Crippen molar-refractivity contribution in [2.75, 3.05) is 14.2 Å². The van der Waals surface area contributed by atoms with Crippen LogP contribution in [0.25, 0.3) is 0 Å². The number of hydrogen-bond donors (Lipinski definition) is 0. The molecular weight excluding hydrogens is 276 g/mol. The fourth-order valence-corrected chi connectivity index (χ4v) is 2.75. The molecule has 0 fully saturated rings. The quantitative estimate of drug-likeness (QED) is 0.635. The monoisotopic (exact) mass is 306 g/mol. The first-order chi connectivity index (χ1) is 10.4. The molecule has 1 atom stereocenters. The van der Waals surface area contributed by atoms with Crippen molar-refractivity contribution < 1.29 is 14.3 Å². The van der Waals surface area contributed by atoms with Crippen LogP contribution in [0.5, 0.6) is 11.5 Å². The summed E-state index contributed by atoms with van der Waals surface area (Å²) >= 11 is 0. The van der Waals surface area contributed by atoms with E-state index in [1.807, 2.05) is 39.0 Å². The fraction of sp³-hybridized carbons (Fsp3) is 0.632. The van der Waals surface area contributed by atoms with Crippen molar-refractivity contribution >= 4 is 5.78 Å². The van der Waals surface area contributed by atoms with E-state index in [1.165, 1.54) is 0 Å². The zero-order valence-electron chi connectivity index (χ0n) is 14.9. The highest BCUT2D eigenvalue weighted by atomic mass is 16.5. The van der Waals surface area contributed by atoms with Gasteiger partial charge in [-0.1, -0.05) is 53.0 Å². The maximum atomic E-state index is 13.0. The van der Waals surface area contributed by atoms with Gasteiger partial charge >= 0.3 is 0 Å². The first-order valence-electron chi connectivity index (χ1n) is 8.12. The van der Waals surface area contributed by atoms with Gasteiger partial charge in [-0.15, -0.1) is 0 Å². The van der Waals surface area contributed by atoms with Gasteiger partial charge in [0.2, 0.25) is 0 Å². The van der Waals surface area contributed by atoms with Gasteiger partial charge in [-0.3, -0.25) is 4.79 Å². The SMILES string of the molecule is CCCCCC(C(=O)C(C)(C)C)c1c(OC)cccc1OC. The summed E-state index contributed by atoms with van der Waals surface area (Å²) in [6.07, 6.45) is 4.13. The van der Waals surface area contributed by atoms with E-state index in [-0.39, 0.29) is 17.1 Å². The Kier molecular flexibility index (Phi) is 6.92. The van der Waals surface area contributed by atoms with E-state index in [4.69, 9.17) is 9.47 Å². The number of carbonyl (C=O) groups excluding carboxylic acids is 1. The number of unbranched alkanes of at least 4 members (excludes halogenated alkanes) is 2. The van der Waals surface area contributed by atoms with Crippen molar-refractivity contribution in [3.8, 4) is 11.5 Å². The highest BCUT2D eigenvalue weighted by Gasteiger charge is 2.33. The molecule has 1 unspecified atom stereocenters. The molecule has 0 aliphatic heterocycles. The molecule has 3 nitrogen and oxygen atoms in total. The smallest absolute Gasteiger partial charge is 0.145 e. The van der Waals surface area contributed by atoms with Crippen LogP contribution < -0.4 is 9.47 Å². The predicted octanol–water partition coefficient (Wildman–Crippen LogP) is 4.98. The fourth-order valence-electron chi connectivity index (χ4n) is 2.75. The normalized spacial score (nSPS) is 12.8. The Morgan fingerprint density at radius 1 is 1.09 bits per heavy atom. The third-order valence-corrected chi connectivity index (χ3v) is 3.97. The van der Waals surface area contributed by atoms with Crippen molar-refractivity contribution in [2.24, 2.45) is 5.41 Å². The maximum absolute atomic E-state index is 13.0. The largest absolute Gasteiger partial charge is 0.496 e. The van der Waals surface area contributed by atoms with Gasteiger partial charge in [-0.2, -0.15) is 0 Å². The first-order valence-corrected chi connectivity index (χ1v) is 8.12. The summed E-state index contributed by atoms with van der Waals surface area (Å²) in [7, 11) is 3.28. The summed E-state index contributed by atoms with van der Waals surface area (Å²) in [6.45, 7) is 8.10. The maximum Gasteiger partial charge on any atom is 0.145 e. The van der Waals surface area contributed by atoms with E-state index in [1.54, 1.807) is 14.2 Å². The molecule has 0 bridgehead atoms. The second-order valence-corrected chi connectivity index (χ2v) is 6.74. The van der Waals surface area contributed by atoms with Crippen LogP contribution in [-0.2, 0) is 4.79 Å². The second-order valence-electron chi connectivity index (χ2n) is 6.74. The molecule has 0 aliphatic carbocycles. The van der Waals surface area contributed by atoms with Gasteiger partial charge in [0.05, 0.1) is 20.1 Å². The Bertz CT molecular complexity index is 464. The first kappa shape index (κ1) is 18.5. The number of carbonyl (C=O) groups is 1. The van der Waals surface area contributed by atoms with Crippen LogP contribution in [0.15, 0.2) is 18.2 Å². The van der Waals surface area contributed by atoms with E-state index >= 15 is 0 Å². The van der Waals surface area contributed by atoms with Crippen LogP contribution in [0.3, 0.4) is 0 Å². The van der Waals surface area contributed by atoms with Gasteiger partial charge in [0, 0.05) is 11.0 Å². The number of benzene rings is 1. The van der Waals surface area contributed by atoms with Crippen LogP contribution in [0.1, 0.15) is 64.9 Å². The molecule has 0 amide bonds. The van der Waals surface area contributed by atoms with Crippen molar-refractivity contribution in [3.63, 3.8) is 0 Å². The molecule has 3 heteroatoms. The van der Waals surface area contributed by atoms with Gasteiger partial charge in [0.15, 0.2) is 0 Å². The molecule has 124 valence electrons. The van der Waals surface area contributed by atoms with Crippen LogP contribution in [-0.4, -0.2) is 20.0 Å². The summed E-state index contributed by atoms with van der Waals surface area (Å²) in [5, 5.41) is 0. The molecule has 1 rings (SSSR count). The van der Waals surface area contributed by atoms with Gasteiger partial charge in [0.1, 0.15) is 17.3 Å². The number of ether oxygens (including phenoxy) is 2. The number of rotatable bonds is 8. The highest BCUT2D eigenvalue weighted by molar-refractivity contribution is 5.91. The van der Waals surface area contributed by atoms with Crippen LogP contribution in [0.4, 0.5) is 0 Å². The zero-order valence-corrected chi connectivity index (χ0v) is 14.9. The Morgan fingerprint density at radius 2 is 1.64 bits per heavy atom. The Balaban J connectivity index is 3.28. The average molecular weight is 306 g/mol. The number of Topliss-reactive ketones (excluding diaryl/α,β-unsaturated/α-hetero) is 1. The lowest BCUT2D eigenvalue weighted by molar-refractivity contribution is -0.128. The second kappa shape index (κ2) is 8.21. The summed E-state index contributed by atoms with van der Waals surface area (Å²) in [5.41, 5.74) is 0.506. The molecule has 1 aromatic carbocycles. The van der Waals surface area contributed by atoms with E-state index in [0.717, 1.165) is 42.7 Å². The van der Waals surface area contributed by atoms with Crippen LogP contribution >= 0.6 is 0 Å². The Morgan fingerprint density at radius 3 is 2.05 bits per heavy atom. The van der Waals surface area contributed by atoms with Gasteiger partial charge in [0.25, 0.3) is 0 Å². The molecule has 1 aromatic rings. The number of ketones is 1. The minimum atomic E-state index is -0.386. The third-order valence-electron chi connectivity index (χ3n) is 3.97. The molecule has 0 saturated carbocycles. The Labute approximate surface area is 135 Å². The van der Waals surface area contributed by atoms with Crippen molar-refractivity contribution in [3.05, 3.63) is 23.8 Å². The number of hydrogen-bond acceptors (Lipinski definition) is 3. The van der Waals surface area contributed by atoms with Crippen molar-refractivity contribution in [1.82, 2.24) is 0 Å². The van der Waals surface area contributed by atoms with Crippen molar-refractivity contribution in [1.29, 1.82) is 0 Å². The zero-order chi connectivity index (χ0) is 16.8. The molecular formula is C19H30O3. The minimum absolute atomic E-state index is 0.183.